The molecule has 1 spiro atoms. The summed E-state index contributed by atoms with van der Waals surface area (Å²) in [4.78, 5) is 42.5. The fraction of sp³-hybridized carbons (Fsp3) is 0.516. The molecule has 2 saturated heterocycles. The van der Waals surface area contributed by atoms with Crippen molar-refractivity contribution in [1.29, 1.82) is 0 Å². The normalized spacial score (nSPS) is 21.6. The number of likely N-dealkylation sites (tertiary alicyclic amines) is 2. The molecule has 2 atom stereocenters. The molecule has 3 aliphatic rings. The van der Waals surface area contributed by atoms with Crippen molar-refractivity contribution in [3.05, 3.63) is 65.7 Å². The number of piperidine rings is 1. The van der Waals surface area contributed by atoms with Gasteiger partial charge in [0, 0.05) is 38.4 Å². The minimum absolute atomic E-state index is 0. The predicted molar refractivity (Wildman–Crippen MR) is 153 cm³/mol. The Morgan fingerprint density at radius 2 is 1.72 bits per heavy atom. The molecule has 8 heteroatoms. The molecular formula is C31H40ClN3O4. The number of carbonyl (C=O) groups excluding carboxylic acids is 3. The van der Waals surface area contributed by atoms with Crippen LogP contribution in [0.1, 0.15) is 62.1 Å². The van der Waals surface area contributed by atoms with Crippen molar-refractivity contribution in [2.24, 2.45) is 11.3 Å². The summed E-state index contributed by atoms with van der Waals surface area (Å²) in [6.07, 6.45) is 5.05. The summed E-state index contributed by atoms with van der Waals surface area (Å²) < 4.78 is 5.25. The summed E-state index contributed by atoms with van der Waals surface area (Å²) in [6.45, 7) is 4.13. The Kier molecular flexibility index (Phi) is 9.67. The molecule has 2 amide bonds. The fourth-order valence-electron chi connectivity index (χ4n) is 6.31. The van der Waals surface area contributed by atoms with Crippen molar-refractivity contribution >= 4 is 30.0 Å². The Labute approximate surface area is 237 Å². The van der Waals surface area contributed by atoms with Crippen LogP contribution in [-0.2, 0) is 20.9 Å². The van der Waals surface area contributed by atoms with E-state index in [1.54, 1.807) is 7.11 Å². The number of benzene rings is 2. The first-order chi connectivity index (χ1) is 18.5. The molecule has 39 heavy (non-hydrogen) atoms. The van der Waals surface area contributed by atoms with Crippen LogP contribution in [0.15, 0.2) is 54.6 Å². The highest BCUT2D eigenvalue weighted by molar-refractivity contribution is 5.90. The van der Waals surface area contributed by atoms with Crippen molar-refractivity contribution in [1.82, 2.24) is 15.1 Å². The second-order valence-electron chi connectivity index (χ2n) is 11.2. The molecule has 1 unspecified atom stereocenters. The Hall–Kier alpha value is -2.90. The smallest absolute Gasteiger partial charge is 0.229 e. The molecule has 0 radical (unpaired) electrons. The number of hydrogen-bond acceptors (Lipinski definition) is 5. The Balaban J connectivity index is 0.00000353. The van der Waals surface area contributed by atoms with Crippen LogP contribution in [0.2, 0.25) is 0 Å². The zero-order valence-electron chi connectivity index (χ0n) is 22.8. The van der Waals surface area contributed by atoms with E-state index in [4.69, 9.17) is 4.74 Å². The molecule has 2 heterocycles. The van der Waals surface area contributed by atoms with E-state index in [-0.39, 0.29) is 41.5 Å². The van der Waals surface area contributed by atoms with Crippen LogP contribution >= 0.6 is 12.4 Å². The van der Waals surface area contributed by atoms with E-state index in [0.29, 0.717) is 31.7 Å². The number of carbonyl (C=O) groups is 3. The van der Waals surface area contributed by atoms with Gasteiger partial charge in [0.25, 0.3) is 0 Å². The van der Waals surface area contributed by atoms with Gasteiger partial charge in [-0.1, -0.05) is 42.5 Å². The first-order valence-corrected chi connectivity index (χ1v) is 14.0. The van der Waals surface area contributed by atoms with E-state index in [2.05, 4.69) is 22.3 Å². The van der Waals surface area contributed by atoms with Gasteiger partial charge >= 0.3 is 0 Å². The van der Waals surface area contributed by atoms with E-state index < -0.39 is 0 Å². The van der Waals surface area contributed by atoms with Crippen molar-refractivity contribution in [3.8, 4) is 5.75 Å². The molecule has 7 nitrogen and oxygen atoms in total. The molecule has 0 aromatic heterocycles. The Bertz CT molecular complexity index is 1130. The third-order valence-electron chi connectivity index (χ3n) is 8.82. The summed E-state index contributed by atoms with van der Waals surface area (Å²) in [5.41, 5.74) is 1.99. The van der Waals surface area contributed by atoms with Crippen molar-refractivity contribution in [2.75, 3.05) is 33.3 Å². The van der Waals surface area contributed by atoms with Crippen LogP contribution in [0.25, 0.3) is 0 Å². The molecule has 5 rings (SSSR count). The molecule has 2 aromatic carbocycles. The summed E-state index contributed by atoms with van der Waals surface area (Å²) in [7, 11) is 1.66. The highest BCUT2D eigenvalue weighted by Gasteiger charge is 2.47. The van der Waals surface area contributed by atoms with E-state index in [1.807, 2.05) is 47.4 Å². The van der Waals surface area contributed by atoms with E-state index in [0.717, 1.165) is 68.7 Å². The molecule has 210 valence electrons. The van der Waals surface area contributed by atoms with Crippen LogP contribution in [0.3, 0.4) is 0 Å². The predicted octanol–water partition coefficient (Wildman–Crippen LogP) is 4.55. The summed E-state index contributed by atoms with van der Waals surface area (Å²) in [5, 5.41) is 3.24. The van der Waals surface area contributed by atoms with E-state index >= 15 is 0 Å². The average Bonchev–Trinajstić information content (AvgIpc) is 3.52. The number of ketones is 1. The number of halogens is 1. The third kappa shape index (κ3) is 6.82. The number of ether oxygens (including phenoxy) is 1. The van der Waals surface area contributed by atoms with Gasteiger partial charge in [-0.05, 0) is 68.5 Å². The van der Waals surface area contributed by atoms with Crippen LogP contribution in [0.5, 0.6) is 5.75 Å². The van der Waals surface area contributed by atoms with Crippen molar-refractivity contribution in [2.45, 2.75) is 57.5 Å². The topological polar surface area (TPSA) is 79.0 Å². The largest absolute Gasteiger partial charge is 0.497 e. The average molecular weight is 554 g/mol. The lowest BCUT2D eigenvalue weighted by Gasteiger charge is -2.38. The summed E-state index contributed by atoms with van der Waals surface area (Å²) in [6, 6.07) is 18.0. The molecular weight excluding hydrogens is 514 g/mol. The minimum atomic E-state index is -0.231. The lowest BCUT2D eigenvalue weighted by Crippen LogP contribution is -2.45. The van der Waals surface area contributed by atoms with Gasteiger partial charge in [0.2, 0.25) is 11.8 Å². The third-order valence-corrected chi connectivity index (χ3v) is 8.82. The molecule has 1 N–H and O–H groups in total. The Morgan fingerprint density at radius 3 is 2.36 bits per heavy atom. The van der Waals surface area contributed by atoms with Crippen molar-refractivity contribution in [3.63, 3.8) is 0 Å². The number of nitrogens with zero attached hydrogens (tertiary/aromatic N) is 2. The molecule has 0 bridgehead atoms. The second kappa shape index (κ2) is 13.0. The van der Waals surface area contributed by atoms with Gasteiger partial charge in [0.1, 0.15) is 11.5 Å². The zero-order chi connectivity index (χ0) is 26.5. The van der Waals surface area contributed by atoms with Crippen LogP contribution < -0.4 is 10.1 Å². The van der Waals surface area contributed by atoms with E-state index in [9.17, 15) is 14.4 Å². The first kappa shape index (κ1) is 29.1. The number of rotatable bonds is 9. The lowest BCUT2D eigenvalue weighted by atomic mass is 9.77. The molecule has 3 fully saturated rings. The summed E-state index contributed by atoms with van der Waals surface area (Å²) in [5.74, 6) is 1.11. The maximum atomic E-state index is 13.4. The van der Waals surface area contributed by atoms with Crippen LogP contribution in [0.4, 0.5) is 0 Å². The standard InChI is InChI=1S/C31H39N3O4.ClH/c1-38-27-11-7-23(8-12-27)22-34-20-16-31(30(34)37)14-18-33(19-15-31)17-13-28(24-5-3-2-4-6-24)32-29(36)25-9-10-26(35)21-25;/h2-8,11-12,25,28H,9-10,13-22H2,1H3,(H,32,36);1H/t25?,28-;/m0./s1. The van der Waals surface area contributed by atoms with Gasteiger partial charge in [-0.3, -0.25) is 14.4 Å². The number of amides is 2. The quantitative estimate of drug-likeness (QED) is 0.493. The minimum Gasteiger partial charge on any atom is -0.497 e. The van der Waals surface area contributed by atoms with Gasteiger partial charge in [0.15, 0.2) is 0 Å². The van der Waals surface area contributed by atoms with Gasteiger partial charge < -0.3 is 19.9 Å². The second-order valence-corrected chi connectivity index (χ2v) is 11.2. The number of nitrogens with one attached hydrogen (secondary N) is 1. The maximum absolute atomic E-state index is 13.4. The van der Waals surface area contributed by atoms with Crippen LogP contribution in [-0.4, -0.2) is 60.7 Å². The summed E-state index contributed by atoms with van der Waals surface area (Å²) >= 11 is 0. The molecule has 1 aliphatic carbocycles. The Morgan fingerprint density at radius 1 is 1.03 bits per heavy atom. The molecule has 1 saturated carbocycles. The lowest BCUT2D eigenvalue weighted by molar-refractivity contribution is -0.139. The number of Topliss-reactive ketones (excluding diaryl/α,β-unsaturated/α-hetero) is 1. The van der Waals surface area contributed by atoms with Crippen molar-refractivity contribution < 1.29 is 19.1 Å². The zero-order valence-corrected chi connectivity index (χ0v) is 23.6. The molecule has 2 aliphatic heterocycles. The highest BCUT2D eigenvalue weighted by Crippen LogP contribution is 2.42. The van der Waals surface area contributed by atoms with Gasteiger partial charge in [0.05, 0.1) is 18.6 Å². The fourth-order valence-corrected chi connectivity index (χ4v) is 6.31. The maximum Gasteiger partial charge on any atom is 0.229 e. The van der Waals surface area contributed by atoms with Gasteiger partial charge in [-0.15, -0.1) is 12.4 Å². The van der Waals surface area contributed by atoms with Crippen LogP contribution in [0, 0.1) is 11.3 Å². The van der Waals surface area contributed by atoms with Gasteiger partial charge in [-0.2, -0.15) is 0 Å². The number of hydrogen-bond donors (Lipinski definition) is 1. The van der Waals surface area contributed by atoms with E-state index in [1.165, 1.54) is 0 Å². The highest BCUT2D eigenvalue weighted by atomic mass is 35.5. The number of methoxy groups -OCH3 is 1. The SMILES string of the molecule is COc1ccc(CN2CCC3(CCN(CC[C@H](NC(=O)C4CCC(=O)C4)c4ccccc4)CC3)C2=O)cc1.Cl. The first-order valence-electron chi connectivity index (χ1n) is 14.0. The van der Waals surface area contributed by atoms with Gasteiger partial charge in [-0.25, -0.2) is 0 Å². The monoisotopic (exact) mass is 553 g/mol. The molecule has 2 aromatic rings.